The summed E-state index contributed by atoms with van der Waals surface area (Å²) >= 11 is 0. The van der Waals surface area contributed by atoms with Crippen LogP contribution in [0.1, 0.15) is 38.3 Å². The molecule has 0 N–H and O–H groups in total. The summed E-state index contributed by atoms with van der Waals surface area (Å²) in [6.45, 7) is 6.45. The number of carbonyl (C=O) groups excluding carboxylic acids is 1. The van der Waals surface area contributed by atoms with Gasteiger partial charge in [0.15, 0.2) is 21.7 Å². The van der Waals surface area contributed by atoms with Gasteiger partial charge < -0.3 is 4.43 Å². The van der Waals surface area contributed by atoms with Crippen molar-refractivity contribution < 1.29 is 13.6 Å². The van der Waals surface area contributed by atoms with Crippen LogP contribution in [0.25, 0.3) is 0 Å². The average molecular weight is 357 g/mol. The molecule has 1 aliphatic carbocycles. The minimum atomic E-state index is -1.46. The first-order chi connectivity index (χ1) is 11.8. The van der Waals surface area contributed by atoms with Crippen molar-refractivity contribution in [3.63, 3.8) is 0 Å². The van der Waals surface area contributed by atoms with E-state index in [4.69, 9.17) is 4.43 Å². The first kappa shape index (κ1) is 18.0. The molecule has 1 fully saturated rings. The lowest BCUT2D eigenvalue weighted by molar-refractivity contribution is -0.146. The highest BCUT2D eigenvalue weighted by Crippen LogP contribution is 2.49. The second-order valence-corrected chi connectivity index (χ2v) is 10.7. The third kappa shape index (κ3) is 3.46. The summed E-state index contributed by atoms with van der Waals surface area (Å²) in [5, 5.41) is 0.0639. The molecule has 0 aromatic heterocycles. The highest BCUT2D eigenvalue weighted by Gasteiger charge is 2.55. The zero-order valence-electron chi connectivity index (χ0n) is 15.0. The smallest absolute Gasteiger partial charge is 0.168 e. The molecule has 0 heterocycles. The fourth-order valence-corrected chi connectivity index (χ4v) is 4.62. The molecule has 2 atom stereocenters. The molecule has 0 saturated heterocycles. The summed E-state index contributed by atoms with van der Waals surface area (Å²) < 4.78 is 21.3. The summed E-state index contributed by atoms with van der Waals surface area (Å²) in [5.74, 6) is -0.790. The molecular weight excluding hydrogens is 331 g/mol. The van der Waals surface area contributed by atoms with Crippen molar-refractivity contribution in [2.45, 2.75) is 44.0 Å². The van der Waals surface area contributed by atoms with Gasteiger partial charge in [0.2, 0.25) is 0 Å². The predicted molar refractivity (Wildman–Crippen MR) is 101 cm³/mol. The van der Waals surface area contributed by atoms with Crippen LogP contribution in [-0.2, 0) is 14.8 Å². The molecule has 4 heteroatoms. The standard InChI is InChI=1S/C21H25FO2Si/c1-20(2,3)25-24-21(15-10-6-4-7-11-15,16-12-8-5-9-13-16)17-14-18(23)19(17)22/h4-13,17,19H,14,25H2,1-3H3/t17-,19-/m0/s1. The molecule has 0 radical (unpaired) electrons. The quantitative estimate of drug-likeness (QED) is 0.752. The van der Waals surface area contributed by atoms with Crippen LogP contribution in [0.2, 0.25) is 5.04 Å². The van der Waals surface area contributed by atoms with Crippen molar-refractivity contribution in [1.29, 1.82) is 0 Å². The summed E-state index contributed by atoms with van der Waals surface area (Å²) in [4.78, 5) is 11.7. The van der Waals surface area contributed by atoms with E-state index >= 15 is 0 Å². The lowest BCUT2D eigenvalue weighted by atomic mass is 9.65. The van der Waals surface area contributed by atoms with E-state index in [0.29, 0.717) is 0 Å². The maximum Gasteiger partial charge on any atom is 0.168 e. The zero-order valence-corrected chi connectivity index (χ0v) is 16.5. The van der Waals surface area contributed by atoms with E-state index in [2.05, 4.69) is 20.8 Å². The minimum absolute atomic E-state index is 0.0639. The van der Waals surface area contributed by atoms with Gasteiger partial charge in [0, 0.05) is 12.3 Å². The van der Waals surface area contributed by atoms with Crippen LogP contribution in [0.15, 0.2) is 60.7 Å². The van der Waals surface area contributed by atoms with Crippen molar-refractivity contribution in [3.8, 4) is 0 Å². The Kier molecular flexibility index (Phi) is 4.94. The Labute approximate surface area is 151 Å². The van der Waals surface area contributed by atoms with Crippen LogP contribution in [-0.4, -0.2) is 21.7 Å². The lowest BCUT2D eigenvalue weighted by Crippen LogP contribution is -2.54. The van der Waals surface area contributed by atoms with Crippen molar-refractivity contribution in [1.82, 2.24) is 0 Å². The van der Waals surface area contributed by atoms with Crippen LogP contribution in [0.5, 0.6) is 0 Å². The molecule has 0 unspecified atom stereocenters. The Bertz CT molecular complexity index is 685. The number of carbonyl (C=O) groups is 1. The summed E-state index contributed by atoms with van der Waals surface area (Å²) in [6.07, 6.45) is -1.24. The lowest BCUT2D eigenvalue weighted by Gasteiger charge is -2.48. The van der Waals surface area contributed by atoms with Crippen molar-refractivity contribution in [2.24, 2.45) is 5.92 Å². The predicted octanol–water partition coefficient (Wildman–Crippen LogP) is 4.18. The number of rotatable bonds is 5. The fourth-order valence-electron chi connectivity index (χ4n) is 3.42. The van der Waals surface area contributed by atoms with Gasteiger partial charge in [-0.25, -0.2) is 4.39 Å². The molecule has 132 valence electrons. The van der Waals surface area contributed by atoms with Crippen LogP contribution in [0, 0.1) is 5.92 Å². The molecule has 2 nitrogen and oxygen atoms in total. The maximum atomic E-state index is 14.6. The Hall–Kier alpha value is -1.78. The Balaban J connectivity index is 2.15. The Morgan fingerprint density at radius 1 is 0.960 bits per heavy atom. The molecular formula is C21H25FO2Si. The van der Waals surface area contributed by atoms with Crippen LogP contribution in [0.3, 0.4) is 0 Å². The molecule has 1 aliphatic rings. The molecule has 0 amide bonds. The van der Waals surface area contributed by atoms with Gasteiger partial charge in [0.1, 0.15) is 5.60 Å². The highest BCUT2D eigenvalue weighted by atomic mass is 28.2. The number of alkyl halides is 1. The third-order valence-electron chi connectivity index (χ3n) is 4.74. The van der Waals surface area contributed by atoms with Crippen LogP contribution >= 0.6 is 0 Å². The van der Waals surface area contributed by atoms with Crippen molar-refractivity contribution in [2.75, 3.05) is 0 Å². The van der Waals surface area contributed by atoms with E-state index in [1.54, 1.807) is 0 Å². The van der Waals surface area contributed by atoms with E-state index in [9.17, 15) is 9.18 Å². The van der Waals surface area contributed by atoms with Crippen LogP contribution in [0.4, 0.5) is 4.39 Å². The molecule has 0 bridgehead atoms. The molecule has 1 saturated carbocycles. The first-order valence-corrected chi connectivity index (χ1v) is 10.0. The van der Waals surface area contributed by atoms with Crippen molar-refractivity contribution >= 4 is 15.5 Å². The second-order valence-electron chi connectivity index (χ2n) is 8.00. The number of Topliss-reactive ketones (excluding diaryl/α,β-unsaturated/α-hetero) is 1. The topological polar surface area (TPSA) is 26.3 Å². The van der Waals surface area contributed by atoms with Crippen LogP contribution < -0.4 is 0 Å². The van der Waals surface area contributed by atoms with Gasteiger partial charge in [0.25, 0.3) is 0 Å². The largest absolute Gasteiger partial charge is 0.409 e. The highest BCUT2D eigenvalue weighted by molar-refractivity contribution is 6.32. The maximum absolute atomic E-state index is 14.6. The number of hydrogen-bond acceptors (Lipinski definition) is 2. The normalized spacial score (nSPS) is 21.5. The van der Waals surface area contributed by atoms with E-state index in [1.165, 1.54) is 0 Å². The van der Waals surface area contributed by atoms with Gasteiger partial charge in [-0.2, -0.15) is 0 Å². The van der Waals surface area contributed by atoms with E-state index < -0.39 is 27.5 Å². The monoisotopic (exact) mass is 356 g/mol. The molecule has 0 spiro atoms. The summed E-state index contributed by atoms with van der Waals surface area (Å²) in [7, 11) is -0.978. The summed E-state index contributed by atoms with van der Waals surface area (Å²) in [6, 6.07) is 19.6. The zero-order chi connectivity index (χ0) is 18.1. The van der Waals surface area contributed by atoms with E-state index in [0.717, 1.165) is 11.1 Å². The Morgan fingerprint density at radius 3 is 1.80 bits per heavy atom. The van der Waals surface area contributed by atoms with Crippen molar-refractivity contribution in [3.05, 3.63) is 71.8 Å². The second kappa shape index (κ2) is 6.85. The number of ketones is 1. The molecule has 3 rings (SSSR count). The first-order valence-electron chi connectivity index (χ1n) is 8.76. The van der Waals surface area contributed by atoms with Gasteiger partial charge in [-0.05, 0) is 16.2 Å². The molecule has 2 aromatic rings. The molecule has 2 aromatic carbocycles. The van der Waals surface area contributed by atoms with E-state index in [1.807, 2.05) is 60.7 Å². The average Bonchev–Trinajstić information content (AvgIpc) is 2.62. The van der Waals surface area contributed by atoms with Gasteiger partial charge in [0.05, 0.1) is 0 Å². The van der Waals surface area contributed by atoms with Gasteiger partial charge >= 0.3 is 0 Å². The number of halogens is 1. The van der Waals surface area contributed by atoms with Gasteiger partial charge in [-0.3, -0.25) is 4.79 Å². The van der Waals surface area contributed by atoms with Gasteiger partial charge in [-0.1, -0.05) is 81.4 Å². The fraction of sp³-hybridized carbons (Fsp3) is 0.381. The number of benzene rings is 2. The van der Waals surface area contributed by atoms with E-state index in [-0.39, 0.29) is 17.2 Å². The summed E-state index contributed by atoms with van der Waals surface area (Å²) in [5.41, 5.74) is 0.964. The minimum Gasteiger partial charge on any atom is -0.409 e. The van der Waals surface area contributed by atoms with Gasteiger partial charge in [-0.15, -0.1) is 0 Å². The SMILES string of the molecule is CC(C)(C)[SiH2]OC(c1ccccc1)(c1ccccc1)[C@H]1CC(=O)[C@H]1F. The molecule has 0 aliphatic heterocycles. The number of hydrogen-bond donors (Lipinski definition) is 0. The molecule has 25 heavy (non-hydrogen) atoms. The third-order valence-corrected chi connectivity index (χ3v) is 6.21. The Morgan fingerprint density at radius 2 is 1.44 bits per heavy atom.